The average molecular weight is 235 g/mol. The minimum absolute atomic E-state index is 0.0450. The van der Waals surface area contributed by atoms with Gasteiger partial charge in [0, 0.05) is 13.0 Å². The van der Waals surface area contributed by atoms with Gasteiger partial charge in [-0.1, -0.05) is 18.2 Å². The van der Waals surface area contributed by atoms with Crippen molar-refractivity contribution in [3.63, 3.8) is 0 Å². The maximum atomic E-state index is 11.3. The molecule has 17 heavy (non-hydrogen) atoms. The highest BCUT2D eigenvalue weighted by Crippen LogP contribution is 2.33. The number of phenolic OH excluding ortho intramolecular Hbond substituents is 1. The minimum atomic E-state index is -1.14. The number of amides is 1. The molecule has 5 nitrogen and oxygen atoms in total. The highest BCUT2D eigenvalue weighted by molar-refractivity contribution is 5.89. The fourth-order valence-corrected chi connectivity index (χ4v) is 2.08. The van der Waals surface area contributed by atoms with Crippen LogP contribution in [0, 0.1) is 5.41 Å². The van der Waals surface area contributed by atoms with E-state index in [-0.39, 0.29) is 31.0 Å². The van der Waals surface area contributed by atoms with Gasteiger partial charge >= 0.3 is 5.97 Å². The number of aromatic hydroxyl groups is 1. The number of carboxylic acids is 1. The van der Waals surface area contributed by atoms with E-state index in [1.165, 1.54) is 6.07 Å². The molecule has 1 heterocycles. The van der Waals surface area contributed by atoms with Gasteiger partial charge in [0.15, 0.2) is 0 Å². The minimum Gasteiger partial charge on any atom is -0.508 e. The van der Waals surface area contributed by atoms with Crippen LogP contribution in [0.4, 0.5) is 0 Å². The molecule has 0 aliphatic carbocycles. The highest BCUT2D eigenvalue weighted by Gasteiger charge is 2.45. The number of carbonyl (C=O) groups excluding carboxylic acids is 1. The number of nitrogens with one attached hydrogen (secondary N) is 1. The van der Waals surface area contributed by atoms with E-state index in [4.69, 9.17) is 0 Å². The van der Waals surface area contributed by atoms with Crippen molar-refractivity contribution in [1.82, 2.24) is 5.32 Å². The summed E-state index contributed by atoms with van der Waals surface area (Å²) in [5.74, 6) is -1.21. The van der Waals surface area contributed by atoms with Crippen LogP contribution in [0.3, 0.4) is 0 Å². The SMILES string of the molecule is O=C1CC(Cc2ccccc2O)(C(=O)O)CN1. The summed E-state index contributed by atoms with van der Waals surface area (Å²) in [4.78, 5) is 22.5. The van der Waals surface area contributed by atoms with E-state index in [1.807, 2.05) is 0 Å². The maximum absolute atomic E-state index is 11.3. The molecule has 0 saturated carbocycles. The number of hydrogen-bond donors (Lipinski definition) is 3. The van der Waals surface area contributed by atoms with Crippen LogP contribution in [0.25, 0.3) is 0 Å². The van der Waals surface area contributed by atoms with Gasteiger partial charge in [0.2, 0.25) is 5.91 Å². The molecule has 1 unspecified atom stereocenters. The zero-order chi connectivity index (χ0) is 12.5. The van der Waals surface area contributed by atoms with Gasteiger partial charge in [-0.3, -0.25) is 9.59 Å². The lowest BCUT2D eigenvalue weighted by atomic mass is 9.80. The number of carboxylic acid groups (broad SMARTS) is 1. The Morgan fingerprint density at radius 3 is 2.65 bits per heavy atom. The van der Waals surface area contributed by atoms with Crippen molar-refractivity contribution in [2.24, 2.45) is 5.41 Å². The topological polar surface area (TPSA) is 86.6 Å². The molecular weight excluding hydrogens is 222 g/mol. The first kappa shape index (κ1) is 11.4. The summed E-state index contributed by atoms with van der Waals surface area (Å²) in [7, 11) is 0. The second-order valence-electron chi connectivity index (χ2n) is 4.34. The summed E-state index contributed by atoms with van der Waals surface area (Å²) in [6.45, 7) is 0.107. The molecule has 1 amide bonds. The van der Waals surface area contributed by atoms with Gasteiger partial charge < -0.3 is 15.5 Å². The molecule has 3 N–H and O–H groups in total. The molecule has 1 aliphatic rings. The first-order chi connectivity index (χ1) is 8.03. The Morgan fingerprint density at radius 2 is 2.12 bits per heavy atom. The Labute approximate surface area is 98.1 Å². The quantitative estimate of drug-likeness (QED) is 0.713. The van der Waals surface area contributed by atoms with Crippen molar-refractivity contribution in [1.29, 1.82) is 0 Å². The zero-order valence-electron chi connectivity index (χ0n) is 9.14. The summed E-state index contributed by atoms with van der Waals surface area (Å²) in [6, 6.07) is 6.58. The van der Waals surface area contributed by atoms with E-state index in [0.717, 1.165) is 0 Å². The molecule has 0 radical (unpaired) electrons. The van der Waals surface area contributed by atoms with E-state index in [2.05, 4.69) is 5.32 Å². The predicted octanol–water partition coefficient (Wildman–Crippen LogP) is 0.526. The van der Waals surface area contributed by atoms with Crippen LogP contribution < -0.4 is 5.32 Å². The standard InChI is InChI=1S/C12H13NO4/c14-9-4-2-1-3-8(9)5-12(11(16)17)6-10(15)13-7-12/h1-4,14H,5-7H2,(H,13,15)(H,16,17). The van der Waals surface area contributed by atoms with Crippen molar-refractivity contribution >= 4 is 11.9 Å². The lowest BCUT2D eigenvalue weighted by Crippen LogP contribution is -2.35. The number of hydrogen-bond acceptors (Lipinski definition) is 3. The summed E-state index contributed by atoms with van der Waals surface area (Å²) in [5.41, 5.74) is -0.595. The van der Waals surface area contributed by atoms with Crippen LogP contribution in [0.15, 0.2) is 24.3 Å². The van der Waals surface area contributed by atoms with Gasteiger partial charge in [-0.25, -0.2) is 0 Å². The lowest BCUT2D eigenvalue weighted by Gasteiger charge is -2.22. The second-order valence-corrected chi connectivity index (χ2v) is 4.34. The van der Waals surface area contributed by atoms with Gasteiger partial charge in [-0.15, -0.1) is 0 Å². The number of aliphatic carboxylic acids is 1. The van der Waals surface area contributed by atoms with Gasteiger partial charge in [-0.05, 0) is 18.1 Å². The van der Waals surface area contributed by atoms with Gasteiger partial charge in [0.05, 0.1) is 5.41 Å². The third-order valence-corrected chi connectivity index (χ3v) is 3.10. The molecule has 1 aromatic carbocycles. The Bertz CT molecular complexity index is 471. The van der Waals surface area contributed by atoms with Gasteiger partial charge in [-0.2, -0.15) is 0 Å². The maximum Gasteiger partial charge on any atom is 0.312 e. The van der Waals surface area contributed by atoms with E-state index < -0.39 is 11.4 Å². The van der Waals surface area contributed by atoms with E-state index >= 15 is 0 Å². The molecule has 90 valence electrons. The number of rotatable bonds is 3. The molecule has 1 aromatic rings. The van der Waals surface area contributed by atoms with E-state index in [9.17, 15) is 19.8 Å². The molecule has 2 rings (SSSR count). The Kier molecular flexibility index (Phi) is 2.75. The van der Waals surface area contributed by atoms with Crippen molar-refractivity contribution < 1.29 is 19.8 Å². The third-order valence-electron chi connectivity index (χ3n) is 3.10. The number of benzene rings is 1. The largest absolute Gasteiger partial charge is 0.508 e. The van der Waals surface area contributed by atoms with Crippen molar-refractivity contribution in [3.8, 4) is 5.75 Å². The Balaban J connectivity index is 2.29. The Morgan fingerprint density at radius 1 is 1.41 bits per heavy atom. The molecule has 0 spiro atoms. The number of carbonyl (C=O) groups is 2. The lowest BCUT2D eigenvalue weighted by molar-refractivity contribution is -0.148. The fraction of sp³-hybridized carbons (Fsp3) is 0.333. The molecule has 0 aromatic heterocycles. The van der Waals surface area contributed by atoms with Crippen LogP contribution >= 0.6 is 0 Å². The fourth-order valence-electron chi connectivity index (χ4n) is 2.08. The Hall–Kier alpha value is -2.04. The average Bonchev–Trinajstić information content (AvgIpc) is 2.65. The first-order valence-electron chi connectivity index (χ1n) is 5.30. The van der Waals surface area contributed by atoms with Crippen LogP contribution in [-0.2, 0) is 16.0 Å². The van der Waals surface area contributed by atoms with Crippen molar-refractivity contribution in [2.45, 2.75) is 12.8 Å². The number of para-hydroxylation sites is 1. The van der Waals surface area contributed by atoms with Crippen LogP contribution in [0.2, 0.25) is 0 Å². The van der Waals surface area contributed by atoms with Gasteiger partial charge in [0.25, 0.3) is 0 Å². The summed E-state index contributed by atoms with van der Waals surface area (Å²) in [6.07, 6.45) is 0.102. The van der Waals surface area contributed by atoms with Crippen LogP contribution in [0.1, 0.15) is 12.0 Å². The third kappa shape index (κ3) is 2.08. The van der Waals surface area contributed by atoms with Crippen molar-refractivity contribution in [2.75, 3.05) is 6.54 Å². The molecule has 1 aliphatic heterocycles. The molecular formula is C12H13NO4. The summed E-state index contributed by atoms with van der Waals surface area (Å²) in [5, 5.41) is 21.4. The predicted molar refractivity (Wildman–Crippen MR) is 59.5 cm³/mol. The summed E-state index contributed by atoms with van der Waals surface area (Å²) < 4.78 is 0. The zero-order valence-corrected chi connectivity index (χ0v) is 9.14. The second kappa shape index (κ2) is 4.08. The first-order valence-corrected chi connectivity index (χ1v) is 5.30. The van der Waals surface area contributed by atoms with E-state index in [1.54, 1.807) is 18.2 Å². The smallest absolute Gasteiger partial charge is 0.312 e. The highest BCUT2D eigenvalue weighted by atomic mass is 16.4. The van der Waals surface area contributed by atoms with Crippen LogP contribution in [0.5, 0.6) is 5.75 Å². The monoisotopic (exact) mass is 235 g/mol. The van der Waals surface area contributed by atoms with Gasteiger partial charge in [0.1, 0.15) is 5.75 Å². The van der Waals surface area contributed by atoms with E-state index in [0.29, 0.717) is 5.56 Å². The molecule has 1 saturated heterocycles. The number of phenols is 1. The molecule has 5 heteroatoms. The normalized spacial score (nSPS) is 23.4. The molecule has 1 atom stereocenters. The molecule has 1 fully saturated rings. The van der Waals surface area contributed by atoms with Crippen molar-refractivity contribution in [3.05, 3.63) is 29.8 Å². The molecule has 0 bridgehead atoms. The van der Waals surface area contributed by atoms with Crippen LogP contribution in [-0.4, -0.2) is 28.6 Å². The summed E-state index contributed by atoms with van der Waals surface area (Å²) >= 11 is 0.